The standard InChI is InChI=1S/C29H37.C5H5.C5H10.2ClH.Hf/c1-21-14-13-15-22-20-27(6)25(4)18-10-9-16-23(25,2)24(3)17-11-12-19-26(24,5)29(27,8)28(21,22)7;1-2-4-5-3-1;1-3-5-4-2;;;/h9-20,22H,1-8H3;1-3H,4H2;3-4H2,1-2H3;2*1H;/q2*-1;;;;+2/p-2. The van der Waals surface area contributed by atoms with E-state index in [2.05, 4.69) is 155 Å². The van der Waals surface area contributed by atoms with Crippen molar-refractivity contribution in [3.05, 3.63) is 103 Å². The monoisotopic (exact) mass is 770 g/mol. The van der Waals surface area contributed by atoms with Crippen molar-refractivity contribution in [1.82, 2.24) is 0 Å². The van der Waals surface area contributed by atoms with Crippen molar-refractivity contribution in [1.29, 1.82) is 0 Å². The summed E-state index contributed by atoms with van der Waals surface area (Å²) in [6.07, 6.45) is 41.9. The fourth-order valence-electron chi connectivity index (χ4n) is 9.83. The van der Waals surface area contributed by atoms with Crippen molar-refractivity contribution in [2.45, 2.75) is 88.5 Å². The van der Waals surface area contributed by atoms with Gasteiger partial charge in [-0.2, -0.15) is 6.08 Å². The van der Waals surface area contributed by atoms with Crippen LogP contribution < -0.4 is 24.8 Å². The number of halogens is 2. The summed E-state index contributed by atoms with van der Waals surface area (Å²) in [6.45, 7) is 24.8. The van der Waals surface area contributed by atoms with E-state index in [1.54, 1.807) is 3.26 Å². The van der Waals surface area contributed by atoms with E-state index in [4.69, 9.17) is 0 Å². The van der Waals surface area contributed by atoms with Gasteiger partial charge in [0, 0.05) is 10.8 Å². The summed E-state index contributed by atoms with van der Waals surface area (Å²) in [5.41, 5.74) is 1.73. The van der Waals surface area contributed by atoms with Crippen LogP contribution in [-0.4, -0.2) is 3.26 Å². The van der Waals surface area contributed by atoms with Crippen LogP contribution in [0.1, 0.15) is 88.5 Å². The van der Waals surface area contributed by atoms with Crippen molar-refractivity contribution < 1.29 is 48.7 Å². The van der Waals surface area contributed by atoms with Crippen LogP contribution in [-0.2, 0) is 23.9 Å². The van der Waals surface area contributed by atoms with Crippen LogP contribution in [0.4, 0.5) is 0 Å². The molecule has 42 heavy (non-hydrogen) atoms. The van der Waals surface area contributed by atoms with Crippen LogP contribution in [0.3, 0.4) is 0 Å². The third-order valence-corrected chi connectivity index (χ3v) is 16.0. The van der Waals surface area contributed by atoms with Gasteiger partial charge in [0.15, 0.2) is 0 Å². The molecule has 0 radical (unpaired) electrons. The maximum atomic E-state index is 2.99. The average molecular weight is 770 g/mol. The molecule has 0 aromatic carbocycles. The van der Waals surface area contributed by atoms with Crippen molar-refractivity contribution in [2.75, 3.05) is 0 Å². The Morgan fingerprint density at radius 3 is 1.71 bits per heavy atom. The second-order valence-electron chi connectivity index (χ2n) is 14.0. The molecule has 2 fully saturated rings. The molecule has 2 saturated carbocycles. The SMILES string of the molecule is CC1=CC=CC2[CH-]C3(C)C4(C)C=CC=CC4(C)C4(C)C=CC=CC4(C)C3(C)C12C.CC[C](=[Hf+2])CC.[C-]1=CC=CC1.[Cl-].[Cl-]. The van der Waals surface area contributed by atoms with Crippen LogP contribution >= 0.6 is 0 Å². The third-order valence-electron chi connectivity index (χ3n) is 13.5. The quantitative estimate of drug-likeness (QED) is 0.288. The van der Waals surface area contributed by atoms with Crippen LogP contribution in [0.25, 0.3) is 0 Å². The summed E-state index contributed by atoms with van der Waals surface area (Å²) in [5, 5.41) is 0. The summed E-state index contributed by atoms with van der Waals surface area (Å²) in [6, 6.07) is 0. The molecule has 6 aliphatic rings. The molecule has 3 heteroatoms. The molecule has 0 spiro atoms. The first-order valence-corrected chi connectivity index (χ1v) is 17.2. The molecule has 6 aliphatic carbocycles. The Hall–Kier alpha value is -0.760. The van der Waals surface area contributed by atoms with Gasteiger partial charge in [-0.25, -0.2) is 12.2 Å². The second-order valence-corrected chi connectivity index (χ2v) is 16.6. The summed E-state index contributed by atoms with van der Waals surface area (Å²) >= 11 is 1.31. The van der Waals surface area contributed by atoms with E-state index in [0.29, 0.717) is 5.92 Å². The Morgan fingerprint density at radius 1 is 0.786 bits per heavy atom. The molecule has 0 bridgehead atoms. The van der Waals surface area contributed by atoms with E-state index < -0.39 is 0 Å². The van der Waals surface area contributed by atoms with Gasteiger partial charge in [-0.15, -0.1) is 23.8 Å². The van der Waals surface area contributed by atoms with Gasteiger partial charge in [0.05, 0.1) is 0 Å². The van der Waals surface area contributed by atoms with Gasteiger partial charge in [0.1, 0.15) is 0 Å². The van der Waals surface area contributed by atoms with E-state index in [0.717, 1.165) is 6.42 Å². The van der Waals surface area contributed by atoms with Crippen molar-refractivity contribution in [2.24, 2.45) is 43.8 Å². The Morgan fingerprint density at radius 2 is 1.29 bits per heavy atom. The van der Waals surface area contributed by atoms with Gasteiger partial charge >= 0.3 is 53.8 Å². The Kier molecular flexibility index (Phi) is 11.5. The molecule has 0 aromatic heterocycles. The molecular weight excluding hydrogens is 718 g/mol. The van der Waals surface area contributed by atoms with Gasteiger partial charge in [-0.05, 0) is 28.6 Å². The molecule has 0 nitrogen and oxygen atoms in total. The Balaban J connectivity index is 0.000000403. The number of hydrogen-bond acceptors (Lipinski definition) is 0. The zero-order valence-electron chi connectivity index (χ0n) is 27.6. The van der Waals surface area contributed by atoms with Crippen molar-refractivity contribution in [3.63, 3.8) is 0 Å². The molecule has 8 unspecified atom stereocenters. The van der Waals surface area contributed by atoms with Gasteiger partial charge in [-0.3, -0.25) is 6.08 Å². The maximum absolute atomic E-state index is 2.99. The first kappa shape index (κ1) is 37.4. The van der Waals surface area contributed by atoms with Crippen molar-refractivity contribution in [3.8, 4) is 0 Å². The summed E-state index contributed by atoms with van der Waals surface area (Å²) in [5.74, 6) is 0.460. The normalized spacial score (nSPS) is 44.1. The van der Waals surface area contributed by atoms with Crippen LogP contribution in [0.5, 0.6) is 0 Å². The zero-order chi connectivity index (χ0) is 29.7. The minimum Gasteiger partial charge on any atom is -1.00 e. The van der Waals surface area contributed by atoms with E-state index in [9.17, 15) is 0 Å². The molecular formula is C39H52Cl2Hf-2. The van der Waals surface area contributed by atoms with Gasteiger partial charge in [-0.1, -0.05) is 115 Å². The largest absolute Gasteiger partial charge is 1.00 e. The molecule has 6 rings (SSSR count). The first-order chi connectivity index (χ1) is 18.7. The zero-order valence-corrected chi connectivity index (χ0v) is 32.7. The van der Waals surface area contributed by atoms with Gasteiger partial charge < -0.3 is 31.2 Å². The molecule has 0 saturated heterocycles. The summed E-state index contributed by atoms with van der Waals surface area (Å²) in [7, 11) is 0. The third kappa shape index (κ3) is 4.55. The van der Waals surface area contributed by atoms with E-state index in [1.807, 2.05) is 12.2 Å². The maximum Gasteiger partial charge on any atom is -0.109 e. The van der Waals surface area contributed by atoms with Gasteiger partial charge in [0.25, 0.3) is 0 Å². The fourth-order valence-corrected chi connectivity index (χ4v) is 9.83. The molecule has 0 aliphatic heterocycles. The van der Waals surface area contributed by atoms with E-state index in [1.165, 1.54) is 42.3 Å². The summed E-state index contributed by atoms with van der Waals surface area (Å²) in [4.78, 5) is 0. The average Bonchev–Trinajstić information content (AvgIpc) is 3.58. The summed E-state index contributed by atoms with van der Waals surface area (Å²) < 4.78 is 1.73. The molecule has 0 heterocycles. The van der Waals surface area contributed by atoms with Crippen molar-refractivity contribution >= 4 is 3.26 Å². The Bertz CT molecular complexity index is 1260. The fraction of sp³-hybridized carbons (Fsp3) is 0.538. The molecule has 0 N–H and O–H groups in total. The Labute approximate surface area is 285 Å². The smallest absolute Gasteiger partial charge is 0.109 e. The minimum absolute atomic E-state index is 0. The molecule has 0 amide bonds. The van der Waals surface area contributed by atoms with Gasteiger partial charge in [0.2, 0.25) is 0 Å². The van der Waals surface area contributed by atoms with Crippen LogP contribution in [0.2, 0.25) is 0 Å². The molecule has 0 aromatic rings. The minimum atomic E-state index is 0. The number of hydrogen-bond donors (Lipinski definition) is 0. The van der Waals surface area contributed by atoms with E-state index in [-0.39, 0.29) is 62.7 Å². The molecule has 228 valence electrons. The second kappa shape index (κ2) is 12.9. The predicted molar refractivity (Wildman–Crippen MR) is 171 cm³/mol. The predicted octanol–water partition coefficient (Wildman–Crippen LogP) is 4.49. The molecule has 8 atom stereocenters. The number of allylic oxidation sites excluding steroid dienone is 16. The van der Waals surface area contributed by atoms with Crippen LogP contribution in [0.15, 0.2) is 90.6 Å². The topological polar surface area (TPSA) is 0 Å². The van der Waals surface area contributed by atoms with Crippen LogP contribution in [0, 0.1) is 56.3 Å². The number of fused-ring (bicyclic) bond motifs is 8. The number of rotatable bonds is 2. The van der Waals surface area contributed by atoms with E-state index >= 15 is 0 Å². The first-order valence-electron chi connectivity index (χ1n) is 15.4.